The molecule has 19 heavy (non-hydrogen) atoms. The number of rotatable bonds is 8. The van der Waals surface area contributed by atoms with Crippen molar-refractivity contribution in [3.05, 3.63) is 35.4 Å². The minimum absolute atomic E-state index is 0.187. The zero-order valence-electron chi connectivity index (χ0n) is 12.1. The minimum Gasteiger partial charge on any atom is -0.381 e. The Morgan fingerprint density at radius 1 is 1.11 bits per heavy atom. The van der Waals surface area contributed by atoms with E-state index in [1.54, 1.807) is 0 Å². The van der Waals surface area contributed by atoms with Crippen LogP contribution in [0.5, 0.6) is 0 Å². The normalized spacial score (nSPS) is 12.1. The molecule has 1 rings (SSSR count). The molecule has 0 aliphatic heterocycles. The highest BCUT2D eigenvalue weighted by molar-refractivity contribution is 6.22. The molecule has 0 radical (unpaired) electrons. The average molecular weight is 303 g/mol. The fourth-order valence-electron chi connectivity index (χ4n) is 1.96. The number of ether oxygens (including phenoxy) is 1. The molecule has 0 aromatic heterocycles. The first-order valence-corrected chi connectivity index (χ1v) is 7.88. The maximum absolute atomic E-state index is 6.20. The lowest BCUT2D eigenvalue weighted by Crippen LogP contribution is -2.32. The van der Waals surface area contributed by atoms with Gasteiger partial charge in [-0.2, -0.15) is 0 Å². The Hall–Kier alpha value is -0.240. The van der Waals surface area contributed by atoms with E-state index in [1.807, 2.05) is 0 Å². The van der Waals surface area contributed by atoms with Gasteiger partial charge in [0.25, 0.3) is 0 Å². The monoisotopic (exact) mass is 302 g/mol. The summed E-state index contributed by atoms with van der Waals surface area (Å²) in [5.74, 6) is 1.59. The topological polar surface area (TPSA) is 9.23 Å². The lowest BCUT2D eigenvalue weighted by molar-refractivity contribution is 0.0970. The number of hydrogen-bond acceptors (Lipinski definition) is 1. The third kappa shape index (κ3) is 4.98. The van der Waals surface area contributed by atoms with Crippen LogP contribution in [0.1, 0.15) is 31.4 Å². The first-order valence-electron chi connectivity index (χ1n) is 6.81. The smallest absolute Gasteiger partial charge is 0.0488 e. The largest absolute Gasteiger partial charge is 0.381 e. The van der Waals surface area contributed by atoms with Crippen LogP contribution in [0, 0.1) is 12.8 Å². The van der Waals surface area contributed by atoms with Crippen LogP contribution in [0.3, 0.4) is 0 Å². The molecule has 0 N–H and O–H groups in total. The predicted octanol–water partition coefficient (Wildman–Crippen LogP) is 4.77. The third-order valence-corrected chi connectivity index (χ3v) is 4.37. The SMILES string of the molecule is Cc1ccc(C(CCl)(CCl)CCOCC(C)C)cc1. The molecule has 0 spiro atoms. The van der Waals surface area contributed by atoms with Gasteiger partial charge in [-0.05, 0) is 24.8 Å². The maximum Gasteiger partial charge on any atom is 0.0488 e. The van der Waals surface area contributed by atoms with Gasteiger partial charge in [-0.3, -0.25) is 0 Å². The van der Waals surface area contributed by atoms with Crippen LogP contribution in [0.25, 0.3) is 0 Å². The summed E-state index contributed by atoms with van der Waals surface area (Å²) in [6, 6.07) is 8.47. The Labute approximate surface area is 127 Å². The van der Waals surface area contributed by atoms with Crippen LogP contribution >= 0.6 is 23.2 Å². The molecule has 0 bridgehead atoms. The highest BCUT2D eigenvalue weighted by Crippen LogP contribution is 2.31. The van der Waals surface area contributed by atoms with Gasteiger partial charge in [0.1, 0.15) is 0 Å². The first-order chi connectivity index (χ1) is 9.04. The summed E-state index contributed by atoms with van der Waals surface area (Å²) in [4.78, 5) is 0. The van der Waals surface area contributed by atoms with E-state index in [4.69, 9.17) is 27.9 Å². The van der Waals surface area contributed by atoms with Crippen molar-refractivity contribution >= 4 is 23.2 Å². The number of alkyl halides is 2. The van der Waals surface area contributed by atoms with Crippen molar-refractivity contribution in [3.8, 4) is 0 Å². The maximum atomic E-state index is 6.20. The van der Waals surface area contributed by atoms with Gasteiger partial charge in [0, 0.05) is 30.4 Å². The molecule has 0 fully saturated rings. The van der Waals surface area contributed by atoms with Crippen molar-refractivity contribution in [2.45, 2.75) is 32.6 Å². The van der Waals surface area contributed by atoms with Crippen LogP contribution in [0.15, 0.2) is 24.3 Å². The van der Waals surface area contributed by atoms with E-state index in [1.165, 1.54) is 11.1 Å². The van der Waals surface area contributed by atoms with Crippen molar-refractivity contribution in [2.24, 2.45) is 5.92 Å². The van der Waals surface area contributed by atoms with Crippen molar-refractivity contribution < 1.29 is 4.74 Å². The standard InChI is InChI=1S/C16H24Cl2O/c1-13(2)10-19-9-8-16(11-17,12-18)15-6-4-14(3)5-7-15/h4-7,13H,8-12H2,1-3H3. The van der Waals surface area contributed by atoms with Gasteiger partial charge in [0.15, 0.2) is 0 Å². The highest BCUT2D eigenvalue weighted by atomic mass is 35.5. The molecule has 0 amide bonds. The second-order valence-corrected chi connectivity index (χ2v) is 6.17. The summed E-state index contributed by atoms with van der Waals surface area (Å²) in [6.45, 7) is 7.87. The first kappa shape index (κ1) is 16.8. The molecule has 1 nitrogen and oxygen atoms in total. The predicted molar refractivity (Wildman–Crippen MR) is 84.6 cm³/mol. The van der Waals surface area contributed by atoms with Crippen LogP contribution < -0.4 is 0 Å². The Kier molecular flexibility index (Phi) is 7.20. The van der Waals surface area contributed by atoms with Crippen molar-refractivity contribution in [1.82, 2.24) is 0 Å². The number of aryl methyl sites for hydroxylation is 1. The van der Waals surface area contributed by atoms with Crippen molar-refractivity contribution in [2.75, 3.05) is 25.0 Å². The average Bonchev–Trinajstić information content (AvgIpc) is 2.41. The molecule has 0 heterocycles. The van der Waals surface area contributed by atoms with Crippen LogP contribution in [0.4, 0.5) is 0 Å². The Morgan fingerprint density at radius 2 is 1.68 bits per heavy atom. The van der Waals surface area contributed by atoms with E-state index in [0.29, 0.717) is 24.3 Å². The molecule has 0 aliphatic rings. The van der Waals surface area contributed by atoms with Crippen LogP contribution in [-0.4, -0.2) is 25.0 Å². The Bertz CT molecular complexity index is 356. The highest BCUT2D eigenvalue weighted by Gasteiger charge is 2.30. The summed E-state index contributed by atoms with van der Waals surface area (Å²) < 4.78 is 5.68. The summed E-state index contributed by atoms with van der Waals surface area (Å²) >= 11 is 12.4. The Morgan fingerprint density at radius 3 is 2.16 bits per heavy atom. The van der Waals surface area contributed by atoms with Crippen LogP contribution in [-0.2, 0) is 10.2 Å². The second kappa shape index (κ2) is 8.14. The molecule has 3 heteroatoms. The fourth-order valence-corrected chi connectivity index (χ4v) is 2.82. The van der Waals surface area contributed by atoms with Gasteiger partial charge in [-0.25, -0.2) is 0 Å². The molecule has 1 aromatic rings. The molecule has 0 aliphatic carbocycles. The zero-order chi connectivity index (χ0) is 14.3. The van der Waals surface area contributed by atoms with Gasteiger partial charge in [0.05, 0.1) is 0 Å². The van der Waals surface area contributed by atoms with Gasteiger partial charge in [-0.1, -0.05) is 43.7 Å². The molecule has 0 unspecified atom stereocenters. The van der Waals surface area contributed by atoms with Crippen molar-refractivity contribution in [3.63, 3.8) is 0 Å². The van der Waals surface area contributed by atoms with Gasteiger partial charge >= 0.3 is 0 Å². The summed E-state index contributed by atoms with van der Waals surface area (Å²) in [6.07, 6.45) is 0.857. The van der Waals surface area contributed by atoms with Crippen molar-refractivity contribution in [1.29, 1.82) is 0 Å². The molecular formula is C16H24Cl2O. The number of benzene rings is 1. The van der Waals surface area contributed by atoms with E-state index in [0.717, 1.165) is 13.0 Å². The van der Waals surface area contributed by atoms with Gasteiger partial charge < -0.3 is 4.74 Å². The minimum atomic E-state index is -0.187. The Balaban J connectivity index is 2.70. The van der Waals surface area contributed by atoms with Crippen LogP contribution in [0.2, 0.25) is 0 Å². The van der Waals surface area contributed by atoms with Gasteiger partial charge in [-0.15, -0.1) is 23.2 Å². The fraction of sp³-hybridized carbons (Fsp3) is 0.625. The number of hydrogen-bond donors (Lipinski definition) is 0. The quantitative estimate of drug-likeness (QED) is 0.496. The summed E-state index contributed by atoms with van der Waals surface area (Å²) in [5.41, 5.74) is 2.27. The second-order valence-electron chi connectivity index (χ2n) is 5.63. The number of halogens is 2. The molecule has 108 valence electrons. The van der Waals surface area contributed by atoms with E-state index >= 15 is 0 Å². The third-order valence-electron chi connectivity index (χ3n) is 3.35. The molecule has 1 aromatic carbocycles. The zero-order valence-corrected chi connectivity index (χ0v) is 13.6. The van der Waals surface area contributed by atoms with E-state index in [-0.39, 0.29) is 5.41 Å². The van der Waals surface area contributed by atoms with E-state index < -0.39 is 0 Å². The van der Waals surface area contributed by atoms with E-state index in [2.05, 4.69) is 45.0 Å². The van der Waals surface area contributed by atoms with E-state index in [9.17, 15) is 0 Å². The van der Waals surface area contributed by atoms with Gasteiger partial charge in [0.2, 0.25) is 0 Å². The molecule has 0 saturated carbocycles. The summed E-state index contributed by atoms with van der Waals surface area (Å²) in [7, 11) is 0. The molecular weight excluding hydrogens is 279 g/mol. The summed E-state index contributed by atoms with van der Waals surface area (Å²) in [5, 5.41) is 0. The lowest BCUT2D eigenvalue weighted by atomic mass is 9.81. The molecule has 0 saturated heterocycles. The lowest BCUT2D eigenvalue weighted by Gasteiger charge is -2.30. The molecule has 0 atom stereocenters.